The summed E-state index contributed by atoms with van der Waals surface area (Å²) < 4.78 is 40.2. The Balaban J connectivity index is 2.02. The van der Waals surface area contributed by atoms with Gasteiger partial charge in [-0.15, -0.1) is 0 Å². The molecule has 0 bridgehead atoms. The highest BCUT2D eigenvalue weighted by molar-refractivity contribution is 8.13. The summed E-state index contributed by atoms with van der Waals surface area (Å²) in [5.74, 6) is 0.203. The lowest BCUT2D eigenvalue weighted by atomic mass is 10.2. The number of hydrogen-bond acceptors (Lipinski definition) is 3. The van der Waals surface area contributed by atoms with Gasteiger partial charge in [-0.25, -0.2) is 12.8 Å². The number of ether oxygens (including phenoxy) is 1. The van der Waals surface area contributed by atoms with E-state index in [0.717, 1.165) is 5.56 Å². The highest BCUT2D eigenvalue weighted by Crippen LogP contribution is 2.19. The molecule has 100 valence electrons. The van der Waals surface area contributed by atoms with E-state index >= 15 is 0 Å². The van der Waals surface area contributed by atoms with Crippen LogP contribution in [0.2, 0.25) is 0 Å². The predicted molar refractivity (Wildman–Crippen MR) is 70.2 cm³/mol. The van der Waals surface area contributed by atoms with E-state index in [1.54, 1.807) is 12.1 Å². The number of halogens is 2. The van der Waals surface area contributed by atoms with Crippen molar-refractivity contribution >= 4 is 19.7 Å². The summed E-state index contributed by atoms with van der Waals surface area (Å²) in [6.07, 6.45) is 0. The molecule has 0 N–H and O–H groups in total. The highest BCUT2D eigenvalue weighted by Gasteiger charge is 2.09. The maximum atomic E-state index is 12.7. The topological polar surface area (TPSA) is 43.4 Å². The Morgan fingerprint density at radius 3 is 2.11 bits per heavy atom. The Labute approximate surface area is 115 Å². The molecule has 0 aliphatic carbocycles. The molecular weight excluding hydrogens is 291 g/mol. The Hall–Kier alpha value is -1.59. The molecule has 0 radical (unpaired) electrons. The van der Waals surface area contributed by atoms with Crippen LogP contribution in [-0.4, -0.2) is 8.42 Å². The maximum Gasteiger partial charge on any atom is 0.261 e. The van der Waals surface area contributed by atoms with Gasteiger partial charge < -0.3 is 4.74 Å². The lowest BCUT2D eigenvalue weighted by Crippen LogP contribution is -1.96. The van der Waals surface area contributed by atoms with E-state index in [1.807, 2.05) is 0 Å². The average molecular weight is 301 g/mol. The summed E-state index contributed by atoms with van der Waals surface area (Å²) >= 11 is 0. The first kappa shape index (κ1) is 13.8. The van der Waals surface area contributed by atoms with Crippen molar-refractivity contribution in [2.75, 3.05) is 0 Å². The molecule has 2 rings (SSSR count). The van der Waals surface area contributed by atoms with Gasteiger partial charge in [-0.2, -0.15) is 0 Å². The Kier molecular flexibility index (Phi) is 4.07. The molecule has 0 aliphatic rings. The zero-order chi connectivity index (χ0) is 13.9. The van der Waals surface area contributed by atoms with Crippen LogP contribution in [0.3, 0.4) is 0 Å². The van der Waals surface area contributed by atoms with Gasteiger partial charge in [0.15, 0.2) is 0 Å². The van der Waals surface area contributed by atoms with Crippen LogP contribution >= 0.6 is 10.7 Å². The molecule has 0 fully saturated rings. The van der Waals surface area contributed by atoms with Crippen LogP contribution in [-0.2, 0) is 15.7 Å². The smallest absolute Gasteiger partial charge is 0.261 e. The highest BCUT2D eigenvalue weighted by atomic mass is 35.7. The minimum atomic E-state index is -3.72. The number of rotatable bonds is 4. The average Bonchev–Trinajstić information content (AvgIpc) is 2.37. The van der Waals surface area contributed by atoms with Crippen molar-refractivity contribution < 1.29 is 17.5 Å². The molecule has 0 saturated carbocycles. The minimum absolute atomic E-state index is 0.0169. The summed E-state index contributed by atoms with van der Waals surface area (Å²) in [4.78, 5) is 0.0169. The van der Waals surface area contributed by atoms with E-state index in [4.69, 9.17) is 15.4 Å². The summed E-state index contributed by atoms with van der Waals surface area (Å²) in [6.45, 7) is 0.271. The third kappa shape index (κ3) is 3.94. The molecule has 0 aliphatic heterocycles. The van der Waals surface area contributed by atoms with Crippen LogP contribution in [0.25, 0.3) is 0 Å². The van der Waals surface area contributed by atoms with Gasteiger partial charge in [0.2, 0.25) is 0 Å². The largest absolute Gasteiger partial charge is 0.489 e. The van der Waals surface area contributed by atoms with E-state index in [-0.39, 0.29) is 17.3 Å². The van der Waals surface area contributed by atoms with Crippen LogP contribution in [0.15, 0.2) is 53.4 Å². The molecule has 3 nitrogen and oxygen atoms in total. The summed E-state index contributed by atoms with van der Waals surface area (Å²) in [5.41, 5.74) is 0.815. The first-order valence-corrected chi connectivity index (χ1v) is 7.68. The normalized spacial score (nSPS) is 11.3. The van der Waals surface area contributed by atoms with Crippen molar-refractivity contribution in [1.29, 1.82) is 0 Å². The van der Waals surface area contributed by atoms with Crippen molar-refractivity contribution in [2.45, 2.75) is 11.5 Å². The zero-order valence-corrected chi connectivity index (χ0v) is 11.3. The standard InChI is InChI=1S/C13H10ClFO3S/c14-19(16,17)13-7-5-12(6-8-13)18-9-10-1-3-11(15)4-2-10/h1-8H,9H2. The van der Waals surface area contributed by atoms with E-state index in [9.17, 15) is 12.8 Å². The molecular formula is C13H10ClFO3S. The van der Waals surface area contributed by atoms with Gasteiger partial charge in [-0.1, -0.05) is 12.1 Å². The van der Waals surface area contributed by atoms with E-state index < -0.39 is 9.05 Å². The van der Waals surface area contributed by atoms with Gasteiger partial charge in [-0.05, 0) is 42.0 Å². The van der Waals surface area contributed by atoms with Gasteiger partial charge in [0.25, 0.3) is 9.05 Å². The molecule has 2 aromatic rings. The third-order valence-corrected chi connectivity index (χ3v) is 3.79. The summed E-state index contributed by atoms with van der Waals surface area (Å²) in [5, 5.41) is 0. The van der Waals surface area contributed by atoms with Crippen LogP contribution in [0.4, 0.5) is 4.39 Å². The lowest BCUT2D eigenvalue weighted by molar-refractivity contribution is 0.306. The third-order valence-electron chi connectivity index (χ3n) is 2.42. The number of benzene rings is 2. The second kappa shape index (κ2) is 5.59. The predicted octanol–water partition coefficient (Wildman–Crippen LogP) is 3.33. The first-order chi connectivity index (χ1) is 8.95. The fourth-order valence-corrected chi connectivity index (χ4v) is 2.22. The van der Waals surface area contributed by atoms with Crippen molar-refractivity contribution in [3.63, 3.8) is 0 Å². The summed E-state index contributed by atoms with van der Waals surface area (Å²) in [6, 6.07) is 11.7. The Morgan fingerprint density at radius 1 is 1.00 bits per heavy atom. The Bertz CT molecular complexity index is 651. The fraction of sp³-hybridized carbons (Fsp3) is 0.0769. The zero-order valence-electron chi connectivity index (χ0n) is 9.71. The monoisotopic (exact) mass is 300 g/mol. The van der Waals surface area contributed by atoms with Crippen LogP contribution in [0.5, 0.6) is 5.75 Å². The van der Waals surface area contributed by atoms with E-state index in [0.29, 0.717) is 5.75 Å². The van der Waals surface area contributed by atoms with Crippen molar-refractivity contribution in [3.8, 4) is 5.75 Å². The quantitative estimate of drug-likeness (QED) is 0.814. The van der Waals surface area contributed by atoms with Gasteiger partial charge in [0.05, 0.1) is 4.90 Å². The Morgan fingerprint density at radius 2 is 1.58 bits per heavy atom. The van der Waals surface area contributed by atoms with E-state index in [2.05, 4.69) is 0 Å². The van der Waals surface area contributed by atoms with Crippen molar-refractivity contribution in [2.24, 2.45) is 0 Å². The lowest BCUT2D eigenvalue weighted by Gasteiger charge is -2.06. The molecule has 0 amide bonds. The van der Waals surface area contributed by atoms with Crippen LogP contribution < -0.4 is 4.74 Å². The van der Waals surface area contributed by atoms with Gasteiger partial charge >= 0.3 is 0 Å². The minimum Gasteiger partial charge on any atom is -0.489 e. The molecule has 0 atom stereocenters. The molecule has 2 aromatic carbocycles. The van der Waals surface area contributed by atoms with E-state index in [1.165, 1.54) is 36.4 Å². The van der Waals surface area contributed by atoms with Crippen molar-refractivity contribution in [3.05, 3.63) is 59.9 Å². The molecule has 0 saturated heterocycles. The number of hydrogen-bond donors (Lipinski definition) is 0. The molecule has 19 heavy (non-hydrogen) atoms. The van der Waals surface area contributed by atoms with Gasteiger partial charge in [0, 0.05) is 10.7 Å². The SMILES string of the molecule is O=S(=O)(Cl)c1ccc(OCc2ccc(F)cc2)cc1. The molecule has 0 unspecified atom stereocenters. The molecule has 0 heterocycles. The van der Waals surface area contributed by atoms with Crippen LogP contribution in [0.1, 0.15) is 5.56 Å². The second-order valence-corrected chi connectivity index (χ2v) is 6.39. The molecule has 0 aromatic heterocycles. The second-order valence-electron chi connectivity index (χ2n) is 3.82. The fourth-order valence-electron chi connectivity index (χ4n) is 1.45. The molecule has 6 heteroatoms. The van der Waals surface area contributed by atoms with Gasteiger partial charge in [0.1, 0.15) is 18.2 Å². The maximum absolute atomic E-state index is 12.7. The summed E-state index contributed by atoms with van der Waals surface area (Å²) in [7, 11) is 1.48. The first-order valence-electron chi connectivity index (χ1n) is 5.37. The van der Waals surface area contributed by atoms with Crippen LogP contribution in [0, 0.1) is 5.82 Å². The molecule has 0 spiro atoms. The van der Waals surface area contributed by atoms with Gasteiger partial charge in [-0.3, -0.25) is 0 Å². The van der Waals surface area contributed by atoms with Crippen molar-refractivity contribution in [1.82, 2.24) is 0 Å².